The molecule has 0 amide bonds. The van der Waals surface area contributed by atoms with E-state index in [4.69, 9.17) is 4.74 Å². The van der Waals surface area contributed by atoms with Crippen molar-refractivity contribution in [2.24, 2.45) is 0 Å². The molecule has 0 spiro atoms. The third kappa shape index (κ3) is 1.48. The number of ether oxygens (including phenoxy) is 1. The van der Waals surface area contributed by atoms with Gasteiger partial charge in [0, 0.05) is 18.8 Å². The SMILES string of the molecule is CC(=C1CCC1)N1CCOCC1. The van der Waals surface area contributed by atoms with E-state index in [0.717, 1.165) is 26.3 Å². The molecule has 68 valence electrons. The first-order valence-corrected chi connectivity index (χ1v) is 4.89. The lowest BCUT2D eigenvalue weighted by atomic mass is 9.90. The molecule has 1 saturated heterocycles. The molecule has 0 bridgehead atoms. The Balaban J connectivity index is 1.97. The van der Waals surface area contributed by atoms with E-state index in [1.165, 1.54) is 25.0 Å². The Bertz CT molecular complexity index is 186. The average molecular weight is 167 g/mol. The molecule has 1 heterocycles. The van der Waals surface area contributed by atoms with E-state index in [1.807, 2.05) is 0 Å². The van der Waals surface area contributed by atoms with Crippen molar-refractivity contribution in [1.29, 1.82) is 0 Å². The second-order valence-electron chi connectivity index (χ2n) is 3.64. The lowest BCUT2D eigenvalue weighted by Crippen LogP contribution is -2.35. The first-order chi connectivity index (χ1) is 5.88. The number of hydrogen-bond acceptors (Lipinski definition) is 2. The highest BCUT2D eigenvalue weighted by Crippen LogP contribution is 2.30. The highest BCUT2D eigenvalue weighted by Gasteiger charge is 2.17. The summed E-state index contributed by atoms with van der Waals surface area (Å²) in [5.74, 6) is 0. The number of hydrogen-bond donors (Lipinski definition) is 0. The molecule has 0 radical (unpaired) electrons. The van der Waals surface area contributed by atoms with E-state index in [0.29, 0.717) is 0 Å². The van der Waals surface area contributed by atoms with E-state index in [2.05, 4.69) is 11.8 Å². The molecule has 2 rings (SSSR count). The fourth-order valence-corrected chi connectivity index (χ4v) is 1.84. The monoisotopic (exact) mass is 167 g/mol. The minimum atomic E-state index is 0.907. The average Bonchev–Trinajstić information content (AvgIpc) is 2.03. The van der Waals surface area contributed by atoms with Gasteiger partial charge >= 0.3 is 0 Å². The zero-order valence-electron chi connectivity index (χ0n) is 7.81. The van der Waals surface area contributed by atoms with Gasteiger partial charge < -0.3 is 9.64 Å². The molecule has 0 aromatic heterocycles. The van der Waals surface area contributed by atoms with E-state index in [9.17, 15) is 0 Å². The Hall–Kier alpha value is -0.500. The normalized spacial score (nSPS) is 23.8. The molecule has 0 aromatic rings. The van der Waals surface area contributed by atoms with Crippen molar-refractivity contribution in [3.8, 4) is 0 Å². The quantitative estimate of drug-likeness (QED) is 0.590. The molecular formula is C10H17NO. The topological polar surface area (TPSA) is 12.5 Å². The summed E-state index contributed by atoms with van der Waals surface area (Å²) in [6, 6.07) is 0. The van der Waals surface area contributed by atoms with Gasteiger partial charge in [0.15, 0.2) is 0 Å². The van der Waals surface area contributed by atoms with Crippen LogP contribution in [0.4, 0.5) is 0 Å². The van der Waals surface area contributed by atoms with Crippen LogP contribution in [0.5, 0.6) is 0 Å². The zero-order valence-corrected chi connectivity index (χ0v) is 7.81. The lowest BCUT2D eigenvalue weighted by molar-refractivity contribution is 0.0527. The molecular weight excluding hydrogens is 150 g/mol. The van der Waals surface area contributed by atoms with Crippen molar-refractivity contribution in [3.63, 3.8) is 0 Å². The van der Waals surface area contributed by atoms with Crippen molar-refractivity contribution in [1.82, 2.24) is 4.90 Å². The van der Waals surface area contributed by atoms with Crippen molar-refractivity contribution < 1.29 is 4.74 Å². The number of morpholine rings is 1. The zero-order chi connectivity index (χ0) is 8.39. The van der Waals surface area contributed by atoms with Gasteiger partial charge in [-0.1, -0.05) is 5.57 Å². The Morgan fingerprint density at radius 3 is 2.42 bits per heavy atom. The van der Waals surface area contributed by atoms with Crippen LogP contribution in [0.3, 0.4) is 0 Å². The molecule has 0 atom stereocenters. The lowest BCUT2D eigenvalue weighted by Gasteiger charge is -2.33. The van der Waals surface area contributed by atoms with Crippen molar-refractivity contribution in [2.45, 2.75) is 26.2 Å². The second-order valence-corrected chi connectivity index (χ2v) is 3.64. The minimum Gasteiger partial charge on any atom is -0.378 e. The van der Waals surface area contributed by atoms with Crippen LogP contribution in [-0.2, 0) is 4.74 Å². The molecule has 2 nitrogen and oxygen atoms in total. The van der Waals surface area contributed by atoms with Gasteiger partial charge in [-0.25, -0.2) is 0 Å². The fourth-order valence-electron chi connectivity index (χ4n) is 1.84. The van der Waals surface area contributed by atoms with Crippen molar-refractivity contribution >= 4 is 0 Å². The third-order valence-electron chi connectivity index (χ3n) is 2.95. The largest absolute Gasteiger partial charge is 0.378 e. The molecule has 0 N–H and O–H groups in total. The molecule has 2 fully saturated rings. The minimum absolute atomic E-state index is 0.907. The molecule has 0 unspecified atom stereocenters. The Kier molecular flexibility index (Phi) is 2.35. The van der Waals surface area contributed by atoms with Gasteiger partial charge in [0.1, 0.15) is 0 Å². The molecule has 1 aliphatic heterocycles. The van der Waals surface area contributed by atoms with Gasteiger partial charge in [0.05, 0.1) is 13.2 Å². The molecule has 2 heteroatoms. The maximum Gasteiger partial charge on any atom is 0.0642 e. The molecule has 0 aromatic carbocycles. The van der Waals surface area contributed by atoms with Crippen LogP contribution >= 0.6 is 0 Å². The predicted molar refractivity (Wildman–Crippen MR) is 48.9 cm³/mol. The molecule has 12 heavy (non-hydrogen) atoms. The van der Waals surface area contributed by atoms with Crippen LogP contribution < -0.4 is 0 Å². The standard InChI is InChI=1S/C10H17NO/c1-9(10-3-2-4-10)11-5-7-12-8-6-11/h2-8H2,1H3. The van der Waals surface area contributed by atoms with E-state index < -0.39 is 0 Å². The van der Waals surface area contributed by atoms with Gasteiger partial charge in [-0.05, 0) is 26.2 Å². The first-order valence-electron chi connectivity index (χ1n) is 4.89. The number of nitrogens with zero attached hydrogens (tertiary/aromatic N) is 1. The highest BCUT2D eigenvalue weighted by molar-refractivity contribution is 5.17. The maximum absolute atomic E-state index is 5.32. The number of rotatable bonds is 1. The summed E-state index contributed by atoms with van der Waals surface area (Å²) < 4.78 is 5.32. The maximum atomic E-state index is 5.32. The summed E-state index contributed by atoms with van der Waals surface area (Å²) in [5.41, 5.74) is 3.21. The fraction of sp³-hybridized carbons (Fsp3) is 0.800. The predicted octanol–water partition coefficient (Wildman–Crippen LogP) is 1.78. The third-order valence-corrected chi connectivity index (χ3v) is 2.95. The van der Waals surface area contributed by atoms with Gasteiger partial charge in [0.25, 0.3) is 0 Å². The van der Waals surface area contributed by atoms with Crippen molar-refractivity contribution in [3.05, 3.63) is 11.3 Å². The van der Waals surface area contributed by atoms with Gasteiger partial charge in [-0.15, -0.1) is 0 Å². The van der Waals surface area contributed by atoms with Crippen LogP contribution in [-0.4, -0.2) is 31.2 Å². The van der Waals surface area contributed by atoms with Crippen LogP contribution in [0, 0.1) is 0 Å². The summed E-state index contributed by atoms with van der Waals surface area (Å²) in [4.78, 5) is 2.47. The van der Waals surface area contributed by atoms with Gasteiger partial charge in [-0.2, -0.15) is 0 Å². The van der Waals surface area contributed by atoms with E-state index >= 15 is 0 Å². The summed E-state index contributed by atoms with van der Waals surface area (Å²) in [6.45, 7) is 6.26. The first kappa shape index (κ1) is 8.11. The summed E-state index contributed by atoms with van der Waals surface area (Å²) in [6.07, 6.45) is 4.07. The highest BCUT2D eigenvalue weighted by atomic mass is 16.5. The Morgan fingerprint density at radius 2 is 1.92 bits per heavy atom. The van der Waals surface area contributed by atoms with Crippen LogP contribution in [0.25, 0.3) is 0 Å². The van der Waals surface area contributed by atoms with Crippen LogP contribution in [0.2, 0.25) is 0 Å². The van der Waals surface area contributed by atoms with Gasteiger partial charge in [-0.3, -0.25) is 0 Å². The number of allylic oxidation sites excluding steroid dienone is 2. The Labute approximate surface area is 74.2 Å². The second kappa shape index (κ2) is 3.48. The van der Waals surface area contributed by atoms with Crippen molar-refractivity contribution in [2.75, 3.05) is 26.3 Å². The molecule has 1 aliphatic carbocycles. The van der Waals surface area contributed by atoms with Crippen LogP contribution in [0.15, 0.2) is 11.3 Å². The summed E-state index contributed by atoms with van der Waals surface area (Å²) in [7, 11) is 0. The molecule has 1 saturated carbocycles. The van der Waals surface area contributed by atoms with E-state index in [1.54, 1.807) is 5.57 Å². The van der Waals surface area contributed by atoms with Gasteiger partial charge in [0.2, 0.25) is 0 Å². The molecule has 2 aliphatic rings. The Morgan fingerprint density at radius 1 is 1.25 bits per heavy atom. The summed E-state index contributed by atoms with van der Waals surface area (Å²) in [5, 5.41) is 0. The summed E-state index contributed by atoms with van der Waals surface area (Å²) >= 11 is 0. The smallest absolute Gasteiger partial charge is 0.0642 e. The van der Waals surface area contributed by atoms with Crippen LogP contribution in [0.1, 0.15) is 26.2 Å². The van der Waals surface area contributed by atoms with E-state index in [-0.39, 0.29) is 0 Å².